The molecule has 29 heavy (non-hydrogen) atoms. The Kier molecular flexibility index (Phi) is 5.01. The van der Waals surface area contributed by atoms with Crippen LogP contribution in [0.4, 0.5) is 10.8 Å². The van der Waals surface area contributed by atoms with Gasteiger partial charge in [-0.25, -0.2) is 4.98 Å². The Labute approximate surface area is 171 Å². The van der Waals surface area contributed by atoms with Gasteiger partial charge in [0, 0.05) is 22.0 Å². The molecule has 1 heterocycles. The summed E-state index contributed by atoms with van der Waals surface area (Å²) in [4.78, 5) is 4.80. The largest absolute Gasteiger partial charge is 0.507 e. The molecule has 0 amide bonds. The maximum absolute atomic E-state index is 10.6. The topological polar surface area (TPSA) is 108 Å². The number of hydrogen-bond acceptors (Lipinski definition) is 7. The van der Waals surface area contributed by atoms with Crippen molar-refractivity contribution in [3.8, 4) is 5.75 Å². The van der Waals surface area contributed by atoms with Crippen LogP contribution in [0.2, 0.25) is 0 Å². The van der Waals surface area contributed by atoms with Crippen LogP contribution in [0.5, 0.6) is 5.75 Å². The molecule has 0 radical (unpaired) electrons. The van der Waals surface area contributed by atoms with E-state index in [2.05, 4.69) is 20.9 Å². The minimum Gasteiger partial charge on any atom is -0.507 e. The third kappa shape index (κ3) is 3.57. The SMILES string of the molecule is CC(=NNC=NN)c1cccc(Nc2nc3c(s2)c(C)c(O)c2ccccc23)c1. The second-order valence-electron chi connectivity index (χ2n) is 6.53. The Hall–Kier alpha value is -3.65. The number of nitrogens with zero attached hydrogens (tertiary/aromatic N) is 3. The summed E-state index contributed by atoms with van der Waals surface area (Å²) in [6.07, 6.45) is 1.31. The van der Waals surface area contributed by atoms with Gasteiger partial charge in [-0.05, 0) is 31.5 Å². The summed E-state index contributed by atoms with van der Waals surface area (Å²) >= 11 is 1.52. The van der Waals surface area contributed by atoms with Crippen LogP contribution in [0.3, 0.4) is 0 Å². The highest BCUT2D eigenvalue weighted by Gasteiger charge is 2.15. The highest BCUT2D eigenvalue weighted by Crippen LogP contribution is 2.41. The predicted molar refractivity (Wildman–Crippen MR) is 121 cm³/mol. The minimum atomic E-state index is 0.311. The average molecular weight is 404 g/mol. The fraction of sp³-hybridized carbons (Fsp3) is 0.0952. The van der Waals surface area contributed by atoms with Crippen molar-refractivity contribution in [3.05, 3.63) is 59.7 Å². The number of aromatic hydroxyl groups is 1. The fourth-order valence-corrected chi connectivity index (χ4v) is 4.19. The molecule has 0 saturated carbocycles. The summed E-state index contributed by atoms with van der Waals surface area (Å²) in [6.45, 7) is 3.82. The number of nitrogens with one attached hydrogen (secondary N) is 2. The smallest absolute Gasteiger partial charge is 0.188 e. The van der Waals surface area contributed by atoms with E-state index in [0.717, 1.165) is 48.6 Å². The molecule has 0 saturated heterocycles. The molecule has 0 aliphatic carbocycles. The fourth-order valence-electron chi connectivity index (χ4n) is 3.19. The summed E-state index contributed by atoms with van der Waals surface area (Å²) in [7, 11) is 0. The van der Waals surface area contributed by atoms with Crippen molar-refractivity contribution < 1.29 is 5.11 Å². The molecule has 0 unspecified atom stereocenters. The Bertz CT molecular complexity index is 1260. The maximum atomic E-state index is 10.6. The maximum Gasteiger partial charge on any atom is 0.188 e. The number of hydrazone groups is 2. The van der Waals surface area contributed by atoms with Crippen LogP contribution in [0.25, 0.3) is 21.0 Å². The van der Waals surface area contributed by atoms with Crippen LogP contribution in [-0.2, 0) is 0 Å². The lowest BCUT2D eigenvalue weighted by Gasteiger charge is -2.05. The molecule has 0 atom stereocenters. The zero-order valence-corrected chi connectivity index (χ0v) is 16.8. The molecular weight excluding hydrogens is 384 g/mol. The van der Waals surface area contributed by atoms with E-state index < -0.39 is 0 Å². The lowest BCUT2D eigenvalue weighted by Crippen LogP contribution is -2.08. The van der Waals surface area contributed by atoms with E-state index in [1.807, 2.05) is 62.4 Å². The van der Waals surface area contributed by atoms with Crippen molar-refractivity contribution in [2.45, 2.75) is 13.8 Å². The zero-order chi connectivity index (χ0) is 20.4. The molecule has 4 aromatic rings. The molecule has 0 spiro atoms. The molecule has 0 aliphatic rings. The second-order valence-corrected chi connectivity index (χ2v) is 7.53. The standard InChI is InChI=1S/C21H20N6OS/c1-12-19(28)17-9-4-3-8-16(17)18-20(12)29-21(26-18)25-15-7-5-6-14(10-15)13(2)27-24-11-23-22/h3-11,28H,22H2,1-2H3,(H,23,24)(H,25,26). The van der Waals surface area contributed by atoms with Crippen molar-refractivity contribution >= 4 is 55.2 Å². The number of anilines is 2. The van der Waals surface area contributed by atoms with E-state index in [4.69, 9.17) is 10.8 Å². The van der Waals surface area contributed by atoms with Gasteiger partial charge in [0.25, 0.3) is 0 Å². The van der Waals surface area contributed by atoms with Crippen molar-refractivity contribution in [1.82, 2.24) is 10.4 Å². The molecule has 4 rings (SSSR count). The van der Waals surface area contributed by atoms with Crippen LogP contribution in [-0.4, -0.2) is 22.1 Å². The monoisotopic (exact) mass is 404 g/mol. The Morgan fingerprint density at radius 1 is 1.17 bits per heavy atom. The molecule has 146 valence electrons. The summed E-state index contributed by atoms with van der Waals surface area (Å²) in [5, 5.41) is 24.0. The number of phenolic OH excluding ortho intramolecular Hbond substituents is 1. The summed E-state index contributed by atoms with van der Waals surface area (Å²) in [5.41, 5.74) is 7.04. The number of phenols is 1. The number of hydrogen-bond donors (Lipinski definition) is 4. The van der Waals surface area contributed by atoms with Crippen molar-refractivity contribution in [2.75, 3.05) is 5.32 Å². The Balaban J connectivity index is 1.70. The molecule has 0 fully saturated rings. The minimum absolute atomic E-state index is 0.311. The van der Waals surface area contributed by atoms with Gasteiger partial charge in [-0.2, -0.15) is 10.2 Å². The van der Waals surface area contributed by atoms with Crippen LogP contribution >= 0.6 is 11.3 Å². The van der Waals surface area contributed by atoms with Gasteiger partial charge in [-0.15, -0.1) is 0 Å². The van der Waals surface area contributed by atoms with Crippen molar-refractivity contribution in [2.24, 2.45) is 16.0 Å². The normalized spacial score (nSPS) is 12.1. The van der Waals surface area contributed by atoms with Gasteiger partial charge in [0.05, 0.1) is 15.9 Å². The third-order valence-electron chi connectivity index (χ3n) is 4.66. The first kappa shape index (κ1) is 18.7. The first-order valence-corrected chi connectivity index (χ1v) is 9.80. The van der Waals surface area contributed by atoms with Gasteiger partial charge in [0.2, 0.25) is 0 Å². The van der Waals surface area contributed by atoms with Crippen LogP contribution < -0.4 is 16.6 Å². The molecule has 1 aromatic heterocycles. The molecule has 0 aliphatic heterocycles. The molecule has 7 nitrogen and oxygen atoms in total. The number of aromatic nitrogens is 1. The predicted octanol–water partition coefficient (Wildman–Crippen LogP) is 4.42. The number of benzene rings is 3. The number of thiazole rings is 1. The lowest BCUT2D eigenvalue weighted by atomic mass is 10.0. The summed E-state index contributed by atoms with van der Waals surface area (Å²) in [5.74, 6) is 5.37. The van der Waals surface area contributed by atoms with Crippen LogP contribution in [0, 0.1) is 6.92 Å². The van der Waals surface area contributed by atoms with Crippen LogP contribution in [0.15, 0.2) is 58.7 Å². The summed E-state index contributed by atoms with van der Waals surface area (Å²) < 4.78 is 0.975. The van der Waals surface area contributed by atoms with Crippen molar-refractivity contribution in [1.29, 1.82) is 0 Å². The number of aryl methyl sites for hydroxylation is 1. The molecule has 3 aromatic carbocycles. The summed E-state index contributed by atoms with van der Waals surface area (Å²) in [6, 6.07) is 15.7. The number of nitrogens with two attached hydrogens (primary N) is 1. The zero-order valence-electron chi connectivity index (χ0n) is 16.0. The van der Waals surface area contributed by atoms with Gasteiger partial charge < -0.3 is 16.3 Å². The van der Waals surface area contributed by atoms with E-state index in [-0.39, 0.29) is 0 Å². The first-order valence-electron chi connectivity index (χ1n) is 8.98. The second kappa shape index (κ2) is 7.76. The first-order chi connectivity index (χ1) is 14.1. The van der Waals surface area contributed by atoms with Gasteiger partial charge in [-0.3, -0.25) is 5.43 Å². The lowest BCUT2D eigenvalue weighted by molar-refractivity contribution is 0.478. The van der Waals surface area contributed by atoms with Crippen LogP contribution in [0.1, 0.15) is 18.1 Å². The molecule has 5 N–H and O–H groups in total. The molecular formula is C21H20N6OS. The van der Waals surface area contributed by atoms with E-state index in [1.54, 1.807) is 0 Å². The third-order valence-corrected chi connectivity index (χ3v) is 5.75. The van der Waals surface area contributed by atoms with Gasteiger partial charge in [0.1, 0.15) is 12.1 Å². The van der Waals surface area contributed by atoms with E-state index in [9.17, 15) is 5.11 Å². The highest BCUT2D eigenvalue weighted by molar-refractivity contribution is 7.22. The Morgan fingerprint density at radius 3 is 2.76 bits per heavy atom. The van der Waals surface area contributed by atoms with Gasteiger partial charge in [0.15, 0.2) is 5.13 Å². The number of rotatable bonds is 5. The molecule has 0 bridgehead atoms. The quantitative estimate of drug-likeness (QED) is 0.170. The van der Waals surface area contributed by atoms with Gasteiger partial charge >= 0.3 is 0 Å². The molecule has 8 heteroatoms. The average Bonchev–Trinajstić information content (AvgIpc) is 3.16. The highest BCUT2D eigenvalue weighted by atomic mass is 32.1. The Morgan fingerprint density at radius 2 is 1.97 bits per heavy atom. The number of fused-ring (bicyclic) bond motifs is 3. The van der Waals surface area contributed by atoms with E-state index in [1.165, 1.54) is 17.7 Å². The van der Waals surface area contributed by atoms with E-state index in [0.29, 0.717) is 5.75 Å². The van der Waals surface area contributed by atoms with Gasteiger partial charge in [-0.1, -0.05) is 47.7 Å². The van der Waals surface area contributed by atoms with E-state index >= 15 is 0 Å². The van der Waals surface area contributed by atoms with Crippen molar-refractivity contribution in [3.63, 3.8) is 0 Å².